The fourth-order valence-electron chi connectivity index (χ4n) is 1.08. The van der Waals surface area contributed by atoms with Crippen molar-refractivity contribution in [3.05, 3.63) is 10.7 Å². The van der Waals surface area contributed by atoms with E-state index in [4.69, 9.17) is 16.9 Å². The smallest absolute Gasteiger partial charge is 0.162 e. The van der Waals surface area contributed by atoms with Gasteiger partial charge in [0, 0.05) is 13.1 Å². The van der Waals surface area contributed by atoms with Crippen LogP contribution in [-0.2, 0) is 0 Å². The Hall–Kier alpha value is -0.790. The largest absolute Gasteiger partial charge is 0.362 e. The molecule has 0 saturated heterocycles. The molecule has 0 radical (unpaired) electrons. The molecule has 0 aliphatic rings. The number of halogens is 1. The van der Waals surface area contributed by atoms with E-state index >= 15 is 0 Å². The van der Waals surface area contributed by atoms with Gasteiger partial charge in [-0.3, -0.25) is 0 Å². The van der Waals surface area contributed by atoms with Crippen molar-refractivity contribution in [2.24, 2.45) is 0 Å². The Bertz CT molecular complexity index is 325. The molecule has 1 aromatic rings. The molecule has 5 heteroatoms. The Morgan fingerprint density at radius 3 is 2.62 bits per heavy atom. The molecule has 1 aromatic heterocycles. The summed E-state index contributed by atoms with van der Waals surface area (Å²) < 4.78 is 3.95. The molecule has 0 atom stereocenters. The molecule has 0 saturated carbocycles. The summed E-state index contributed by atoms with van der Waals surface area (Å²) in [5, 5.41) is 10.0. The van der Waals surface area contributed by atoms with Crippen molar-refractivity contribution in [1.82, 2.24) is 4.37 Å². The zero-order valence-corrected chi connectivity index (χ0v) is 9.11. The normalized spacial score (nSPS) is 9.69. The molecule has 0 N–H and O–H groups in total. The highest BCUT2D eigenvalue weighted by molar-refractivity contribution is 7.10. The first-order chi connectivity index (χ1) is 6.24. The SMILES string of the molecule is CCN(CC)c1snc(Cl)c1C#N. The number of hydrogen-bond donors (Lipinski definition) is 0. The quantitative estimate of drug-likeness (QED) is 0.778. The van der Waals surface area contributed by atoms with E-state index in [2.05, 4.69) is 15.3 Å². The van der Waals surface area contributed by atoms with E-state index in [0.29, 0.717) is 10.7 Å². The molecule has 0 aromatic carbocycles. The second kappa shape index (κ2) is 4.45. The zero-order valence-electron chi connectivity index (χ0n) is 7.54. The topological polar surface area (TPSA) is 39.9 Å². The van der Waals surface area contributed by atoms with Gasteiger partial charge in [-0.05, 0) is 25.4 Å². The van der Waals surface area contributed by atoms with Gasteiger partial charge in [0.05, 0.1) is 0 Å². The monoisotopic (exact) mass is 215 g/mol. The Kier molecular flexibility index (Phi) is 3.52. The van der Waals surface area contributed by atoms with Gasteiger partial charge in [-0.1, -0.05) is 11.6 Å². The minimum Gasteiger partial charge on any atom is -0.362 e. The fraction of sp³-hybridized carbons (Fsp3) is 0.500. The average Bonchev–Trinajstić information content (AvgIpc) is 2.50. The number of rotatable bonds is 3. The average molecular weight is 216 g/mol. The summed E-state index contributed by atoms with van der Waals surface area (Å²) in [6, 6.07) is 2.07. The van der Waals surface area contributed by atoms with Crippen LogP contribution in [0.4, 0.5) is 5.00 Å². The van der Waals surface area contributed by atoms with E-state index in [1.54, 1.807) is 0 Å². The molecule has 70 valence electrons. The zero-order chi connectivity index (χ0) is 9.84. The minimum absolute atomic E-state index is 0.314. The molecule has 0 unspecified atom stereocenters. The summed E-state index contributed by atoms with van der Waals surface area (Å²) in [5.74, 6) is 0. The predicted octanol–water partition coefficient (Wildman–Crippen LogP) is 2.51. The Balaban J connectivity index is 3.07. The predicted molar refractivity (Wildman–Crippen MR) is 55.4 cm³/mol. The van der Waals surface area contributed by atoms with Gasteiger partial charge in [0.25, 0.3) is 0 Å². The number of hydrogen-bond acceptors (Lipinski definition) is 4. The Morgan fingerprint density at radius 1 is 1.54 bits per heavy atom. The summed E-state index contributed by atoms with van der Waals surface area (Å²) >= 11 is 7.03. The van der Waals surface area contributed by atoms with Gasteiger partial charge in [-0.2, -0.15) is 9.64 Å². The first-order valence-corrected chi connectivity index (χ1v) is 5.19. The van der Waals surface area contributed by atoms with Gasteiger partial charge in [0.2, 0.25) is 0 Å². The third kappa shape index (κ3) is 1.93. The van der Waals surface area contributed by atoms with Crippen molar-refractivity contribution in [2.75, 3.05) is 18.0 Å². The molecular weight excluding hydrogens is 206 g/mol. The summed E-state index contributed by atoms with van der Waals surface area (Å²) in [7, 11) is 0. The van der Waals surface area contributed by atoms with Gasteiger partial charge in [-0.25, -0.2) is 0 Å². The molecule has 0 amide bonds. The third-order valence-electron chi connectivity index (χ3n) is 1.79. The maximum atomic E-state index is 8.83. The van der Waals surface area contributed by atoms with Crippen LogP contribution in [-0.4, -0.2) is 17.5 Å². The summed E-state index contributed by atoms with van der Waals surface area (Å²) in [5.41, 5.74) is 0.496. The second-order valence-corrected chi connectivity index (χ2v) is 3.55. The summed E-state index contributed by atoms with van der Waals surface area (Å²) in [6.45, 7) is 5.81. The van der Waals surface area contributed by atoms with E-state index in [0.717, 1.165) is 18.1 Å². The molecule has 13 heavy (non-hydrogen) atoms. The number of nitriles is 1. The highest BCUT2D eigenvalue weighted by Gasteiger charge is 2.15. The number of anilines is 1. The van der Waals surface area contributed by atoms with Crippen LogP contribution in [0.15, 0.2) is 0 Å². The minimum atomic E-state index is 0.314. The molecule has 0 aliphatic carbocycles. The molecule has 0 spiro atoms. The van der Waals surface area contributed by atoms with Crippen LogP contribution >= 0.6 is 23.1 Å². The van der Waals surface area contributed by atoms with Crippen molar-refractivity contribution in [3.8, 4) is 6.07 Å². The maximum Gasteiger partial charge on any atom is 0.162 e. The summed E-state index contributed by atoms with van der Waals surface area (Å²) in [6.07, 6.45) is 0. The van der Waals surface area contributed by atoms with Crippen LogP contribution in [0.2, 0.25) is 5.15 Å². The Labute approximate surface area is 86.7 Å². The highest BCUT2D eigenvalue weighted by atomic mass is 35.5. The van der Waals surface area contributed by atoms with Crippen molar-refractivity contribution < 1.29 is 0 Å². The standard InChI is InChI=1S/C8H10ClN3S/c1-3-12(4-2)8-6(5-10)7(9)11-13-8/h3-4H2,1-2H3. The third-order valence-corrected chi connectivity index (χ3v) is 3.08. The van der Waals surface area contributed by atoms with Crippen LogP contribution in [0.1, 0.15) is 19.4 Å². The number of nitrogens with zero attached hydrogens (tertiary/aromatic N) is 3. The Morgan fingerprint density at radius 2 is 2.15 bits per heavy atom. The first-order valence-electron chi connectivity index (χ1n) is 4.04. The number of aromatic nitrogens is 1. The van der Waals surface area contributed by atoms with Gasteiger partial charge >= 0.3 is 0 Å². The van der Waals surface area contributed by atoms with Crippen molar-refractivity contribution in [1.29, 1.82) is 5.26 Å². The lowest BCUT2D eigenvalue weighted by molar-refractivity contribution is 0.875. The van der Waals surface area contributed by atoms with E-state index in [1.807, 2.05) is 13.8 Å². The van der Waals surface area contributed by atoms with Gasteiger partial charge < -0.3 is 4.90 Å². The molecule has 3 nitrogen and oxygen atoms in total. The highest BCUT2D eigenvalue weighted by Crippen LogP contribution is 2.30. The van der Waals surface area contributed by atoms with Crippen molar-refractivity contribution in [3.63, 3.8) is 0 Å². The molecule has 0 aliphatic heterocycles. The van der Waals surface area contributed by atoms with Crippen LogP contribution in [0.5, 0.6) is 0 Å². The van der Waals surface area contributed by atoms with E-state index in [-0.39, 0.29) is 0 Å². The van der Waals surface area contributed by atoms with E-state index in [9.17, 15) is 0 Å². The van der Waals surface area contributed by atoms with Crippen molar-refractivity contribution in [2.45, 2.75) is 13.8 Å². The summed E-state index contributed by atoms with van der Waals surface area (Å²) in [4.78, 5) is 2.07. The lowest BCUT2D eigenvalue weighted by atomic mass is 10.3. The first kappa shape index (κ1) is 10.3. The molecule has 1 rings (SSSR count). The lowest BCUT2D eigenvalue weighted by Gasteiger charge is -2.17. The van der Waals surface area contributed by atoms with E-state index < -0.39 is 0 Å². The van der Waals surface area contributed by atoms with E-state index in [1.165, 1.54) is 11.5 Å². The van der Waals surface area contributed by atoms with Crippen molar-refractivity contribution >= 4 is 28.1 Å². The van der Waals surface area contributed by atoms with Gasteiger partial charge in [0.15, 0.2) is 5.15 Å². The lowest BCUT2D eigenvalue weighted by Crippen LogP contribution is -2.21. The second-order valence-electron chi connectivity index (χ2n) is 2.44. The van der Waals surface area contributed by atoms with Crippen LogP contribution in [0.25, 0.3) is 0 Å². The molecule has 0 fully saturated rings. The maximum absolute atomic E-state index is 8.83. The van der Waals surface area contributed by atoms with Gasteiger partial charge in [-0.15, -0.1) is 0 Å². The molecule has 0 bridgehead atoms. The van der Waals surface area contributed by atoms with Crippen LogP contribution in [0, 0.1) is 11.3 Å². The molecular formula is C8H10ClN3S. The van der Waals surface area contributed by atoms with Crippen LogP contribution in [0.3, 0.4) is 0 Å². The fourth-order valence-corrected chi connectivity index (χ4v) is 2.24. The van der Waals surface area contributed by atoms with Gasteiger partial charge in [0.1, 0.15) is 16.6 Å². The molecule has 1 heterocycles. The van der Waals surface area contributed by atoms with Crippen LogP contribution < -0.4 is 4.90 Å².